The fourth-order valence-corrected chi connectivity index (χ4v) is 2.86. The van der Waals surface area contributed by atoms with Gasteiger partial charge < -0.3 is 10.2 Å². The first-order chi connectivity index (χ1) is 9.34. The second-order valence-corrected chi connectivity index (χ2v) is 5.83. The average molecular weight is 260 g/mol. The quantitative estimate of drug-likeness (QED) is 0.810. The van der Waals surface area contributed by atoms with Crippen molar-refractivity contribution in [3.8, 4) is 0 Å². The molecule has 2 heteroatoms. The van der Waals surface area contributed by atoms with Gasteiger partial charge in [0, 0.05) is 6.04 Å². The van der Waals surface area contributed by atoms with Crippen LogP contribution in [0.4, 0.5) is 0 Å². The third-order valence-corrected chi connectivity index (χ3v) is 4.12. The van der Waals surface area contributed by atoms with Crippen LogP contribution in [0.25, 0.3) is 0 Å². The summed E-state index contributed by atoms with van der Waals surface area (Å²) >= 11 is 0. The fourth-order valence-electron chi connectivity index (χ4n) is 2.86. The molecule has 0 bridgehead atoms. The smallest absolute Gasteiger partial charge is 0.00792 e. The third-order valence-electron chi connectivity index (χ3n) is 4.12. The lowest BCUT2D eigenvalue weighted by Crippen LogP contribution is -2.36. The van der Waals surface area contributed by atoms with Crippen molar-refractivity contribution in [1.82, 2.24) is 10.2 Å². The molecule has 1 unspecified atom stereocenters. The van der Waals surface area contributed by atoms with Gasteiger partial charge in [-0.05, 0) is 64.3 Å². The molecule has 106 valence electrons. The van der Waals surface area contributed by atoms with Crippen LogP contribution in [-0.2, 0) is 6.42 Å². The maximum atomic E-state index is 3.63. The molecule has 0 aromatic heterocycles. The number of hydrogen-bond donors (Lipinski definition) is 1. The van der Waals surface area contributed by atoms with Crippen molar-refractivity contribution in [2.45, 2.75) is 44.6 Å². The van der Waals surface area contributed by atoms with E-state index in [1.807, 2.05) is 0 Å². The Morgan fingerprint density at radius 1 is 1.16 bits per heavy atom. The van der Waals surface area contributed by atoms with Gasteiger partial charge in [-0.3, -0.25) is 0 Å². The fraction of sp³-hybridized carbons (Fsp3) is 0.647. The minimum Gasteiger partial charge on any atom is -0.314 e. The summed E-state index contributed by atoms with van der Waals surface area (Å²) in [6.07, 6.45) is 7.92. The van der Waals surface area contributed by atoms with E-state index in [-0.39, 0.29) is 0 Å². The van der Waals surface area contributed by atoms with Crippen LogP contribution < -0.4 is 5.32 Å². The molecule has 1 atom stereocenters. The summed E-state index contributed by atoms with van der Waals surface area (Å²) in [4.78, 5) is 2.49. The van der Waals surface area contributed by atoms with Gasteiger partial charge in [0.05, 0.1) is 0 Å². The zero-order valence-electron chi connectivity index (χ0n) is 12.3. The van der Waals surface area contributed by atoms with Crippen LogP contribution in [0.5, 0.6) is 0 Å². The molecule has 1 saturated heterocycles. The van der Waals surface area contributed by atoms with Crippen LogP contribution in [0.3, 0.4) is 0 Å². The predicted octanol–water partition coefficient (Wildman–Crippen LogP) is 3.08. The maximum absolute atomic E-state index is 3.63. The lowest BCUT2D eigenvalue weighted by molar-refractivity contribution is 0.285. The highest BCUT2D eigenvalue weighted by Gasteiger charge is 2.12. The number of rotatable bonds is 7. The number of hydrogen-bond acceptors (Lipinski definition) is 2. The Bertz CT molecular complexity index is 330. The lowest BCUT2D eigenvalue weighted by atomic mass is 10.0. The largest absolute Gasteiger partial charge is 0.314 e. The van der Waals surface area contributed by atoms with Crippen LogP contribution in [0.2, 0.25) is 0 Å². The summed E-state index contributed by atoms with van der Waals surface area (Å²) in [5.41, 5.74) is 1.46. The Morgan fingerprint density at radius 2 is 2.00 bits per heavy atom. The molecular weight excluding hydrogens is 232 g/mol. The van der Waals surface area contributed by atoms with E-state index in [9.17, 15) is 0 Å². The van der Waals surface area contributed by atoms with E-state index >= 15 is 0 Å². The highest BCUT2D eigenvalue weighted by Crippen LogP contribution is 2.10. The van der Waals surface area contributed by atoms with Gasteiger partial charge in [0.15, 0.2) is 0 Å². The van der Waals surface area contributed by atoms with E-state index in [1.165, 1.54) is 63.7 Å². The van der Waals surface area contributed by atoms with Crippen molar-refractivity contribution in [1.29, 1.82) is 0 Å². The predicted molar refractivity (Wildman–Crippen MR) is 82.5 cm³/mol. The Hall–Kier alpha value is -0.860. The first-order valence-corrected chi connectivity index (χ1v) is 7.80. The molecule has 0 spiro atoms. The monoisotopic (exact) mass is 260 g/mol. The maximum Gasteiger partial charge on any atom is 0.00792 e. The molecule has 2 nitrogen and oxygen atoms in total. The molecular formula is C17H28N2. The second kappa shape index (κ2) is 8.34. The molecule has 1 aliphatic rings. The molecule has 0 aliphatic carbocycles. The van der Waals surface area contributed by atoms with Gasteiger partial charge in [0.2, 0.25) is 0 Å². The summed E-state index contributed by atoms with van der Waals surface area (Å²) < 4.78 is 0. The van der Waals surface area contributed by atoms with Crippen LogP contribution in [0, 0.1) is 0 Å². The number of aryl methyl sites for hydroxylation is 1. The molecule has 1 aliphatic heterocycles. The van der Waals surface area contributed by atoms with E-state index in [2.05, 4.69) is 47.6 Å². The van der Waals surface area contributed by atoms with Crippen LogP contribution >= 0.6 is 0 Å². The van der Waals surface area contributed by atoms with E-state index in [4.69, 9.17) is 0 Å². The summed E-state index contributed by atoms with van der Waals surface area (Å²) in [6, 6.07) is 11.6. The first kappa shape index (κ1) is 14.5. The van der Waals surface area contributed by atoms with E-state index in [1.54, 1.807) is 0 Å². The van der Waals surface area contributed by atoms with Crippen LogP contribution in [-0.4, -0.2) is 37.6 Å². The minimum absolute atomic E-state index is 0.769. The Kier molecular flexibility index (Phi) is 6.38. The molecule has 1 aromatic rings. The van der Waals surface area contributed by atoms with E-state index in [0.29, 0.717) is 0 Å². The highest BCUT2D eigenvalue weighted by molar-refractivity contribution is 5.14. The Labute approximate surface area is 118 Å². The van der Waals surface area contributed by atoms with E-state index in [0.717, 1.165) is 6.04 Å². The average Bonchev–Trinajstić information content (AvgIpc) is 2.47. The second-order valence-electron chi connectivity index (χ2n) is 5.83. The number of nitrogens with one attached hydrogen (secondary N) is 1. The summed E-state index contributed by atoms with van der Waals surface area (Å²) in [7, 11) is 2.26. The minimum atomic E-state index is 0.769. The lowest BCUT2D eigenvalue weighted by Gasteiger charge is -2.26. The Balaban J connectivity index is 1.55. The Morgan fingerprint density at radius 3 is 2.74 bits per heavy atom. The molecule has 1 heterocycles. The standard InChI is InChI=1S/C17H28N2/c1-19(15-12-17-11-5-6-13-18-17)14-7-10-16-8-3-2-4-9-16/h2-4,8-9,17-18H,5-7,10-15H2,1H3. The highest BCUT2D eigenvalue weighted by atomic mass is 15.1. The van der Waals surface area contributed by atoms with Gasteiger partial charge in [-0.25, -0.2) is 0 Å². The molecule has 1 aromatic carbocycles. The SMILES string of the molecule is CN(CCCc1ccccc1)CCC1CCCCN1. The van der Waals surface area contributed by atoms with Crippen molar-refractivity contribution in [2.24, 2.45) is 0 Å². The van der Waals surface area contributed by atoms with E-state index < -0.39 is 0 Å². The van der Waals surface area contributed by atoms with Crippen molar-refractivity contribution < 1.29 is 0 Å². The van der Waals surface area contributed by atoms with Crippen LogP contribution in [0.1, 0.15) is 37.7 Å². The molecule has 0 amide bonds. The number of piperidine rings is 1. The first-order valence-electron chi connectivity index (χ1n) is 7.80. The van der Waals surface area contributed by atoms with Gasteiger partial charge in [0.25, 0.3) is 0 Å². The van der Waals surface area contributed by atoms with Gasteiger partial charge in [-0.2, -0.15) is 0 Å². The normalized spacial score (nSPS) is 19.8. The molecule has 19 heavy (non-hydrogen) atoms. The van der Waals surface area contributed by atoms with Crippen molar-refractivity contribution >= 4 is 0 Å². The molecule has 0 saturated carbocycles. The van der Waals surface area contributed by atoms with Gasteiger partial charge in [0.1, 0.15) is 0 Å². The zero-order valence-corrected chi connectivity index (χ0v) is 12.3. The van der Waals surface area contributed by atoms with Gasteiger partial charge >= 0.3 is 0 Å². The number of nitrogens with zero attached hydrogens (tertiary/aromatic N) is 1. The summed E-state index contributed by atoms with van der Waals surface area (Å²) in [5, 5.41) is 3.63. The molecule has 1 fully saturated rings. The molecule has 2 rings (SSSR count). The van der Waals surface area contributed by atoms with Crippen molar-refractivity contribution in [3.63, 3.8) is 0 Å². The van der Waals surface area contributed by atoms with Crippen LogP contribution in [0.15, 0.2) is 30.3 Å². The van der Waals surface area contributed by atoms with Gasteiger partial charge in [-0.15, -0.1) is 0 Å². The molecule has 1 N–H and O–H groups in total. The molecule has 0 radical (unpaired) electrons. The summed E-state index contributed by atoms with van der Waals surface area (Å²) in [5.74, 6) is 0. The van der Waals surface area contributed by atoms with Crippen molar-refractivity contribution in [2.75, 3.05) is 26.7 Å². The van der Waals surface area contributed by atoms with Gasteiger partial charge in [-0.1, -0.05) is 36.8 Å². The number of benzene rings is 1. The zero-order chi connectivity index (χ0) is 13.3. The van der Waals surface area contributed by atoms with Crippen molar-refractivity contribution in [3.05, 3.63) is 35.9 Å². The topological polar surface area (TPSA) is 15.3 Å². The summed E-state index contributed by atoms with van der Waals surface area (Å²) in [6.45, 7) is 3.66. The third kappa shape index (κ3) is 5.75.